The van der Waals surface area contributed by atoms with Crippen LogP contribution in [0.1, 0.15) is 0 Å². The summed E-state index contributed by atoms with van der Waals surface area (Å²) >= 11 is 6.72. The van der Waals surface area contributed by atoms with Crippen molar-refractivity contribution in [2.45, 2.75) is 9.79 Å². The molecule has 0 aliphatic rings. The van der Waals surface area contributed by atoms with Gasteiger partial charge in [0.1, 0.15) is 0 Å². The molecular weight excluding hydrogens is 355 g/mol. The molecule has 0 radical (unpaired) electrons. The van der Waals surface area contributed by atoms with Crippen LogP contribution in [0.5, 0.6) is 0 Å². The topological polar surface area (TPSA) is 40.5 Å². The first-order valence-electron chi connectivity index (χ1n) is 5.86. The Bertz CT molecular complexity index is 538. The second-order valence-electron chi connectivity index (χ2n) is 3.81. The Morgan fingerprint density at radius 1 is 0.900 bits per heavy atom. The van der Waals surface area contributed by atoms with Gasteiger partial charge >= 0.3 is 7.12 Å². The highest BCUT2D eigenvalue weighted by molar-refractivity contribution is 9.10. The summed E-state index contributed by atoms with van der Waals surface area (Å²) in [5.74, 6) is 0. The Kier molecular flexibility index (Phi) is 8.41. The molecule has 0 spiro atoms. The summed E-state index contributed by atoms with van der Waals surface area (Å²) in [6.07, 6.45) is 4.02. The zero-order valence-electron chi connectivity index (χ0n) is 11.3. The van der Waals surface area contributed by atoms with Gasteiger partial charge in [-0.3, -0.25) is 0 Å². The molecule has 2 aromatic rings. The lowest BCUT2D eigenvalue weighted by Crippen LogP contribution is -2.29. The van der Waals surface area contributed by atoms with Gasteiger partial charge in [-0.05, 0) is 48.3 Å². The van der Waals surface area contributed by atoms with Gasteiger partial charge in [0, 0.05) is 14.3 Å². The van der Waals surface area contributed by atoms with E-state index in [1.165, 1.54) is 4.90 Å². The molecule has 0 unspecified atom stereocenters. The Morgan fingerprint density at radius 2 is 1.45 bits per heavy atom. The molecular formula is C14H16BBrO2S2. The quantitative estimate of drug-likeness (QED) is 0.642. The Labute approximate surface area is 137 Å². The first kappa shape index (κ1) is 17.7. The largest absolute Gasteiger partial charge is 0.488 e. The molecule has 0 aliphatic heterocycles. The summed E-state index contributed by atoms with van der Waals surface area (Å²) in [6.45, 7) is 0. The number of benzene rings is 2. The van der Waals surface area contributed by atoms with Crippen molar-refractivity contribution in [3.8, 4) is 0 Å². The summed E-state index contributed by atoms with van der Waals surface area (Å²) in [7, 11) is -1.36. The fourth-order valence-corrected chi connectivity index (χ4v) is 2.87. The van der Waals surface area contributed by atoms with E-state index >= 15 is 0 Å². The highest BCUT2D eigenvalue weighted by Gasteiger charge is 2.09. The molecule has 0 heterocycles. The van der Waals surface area contributed by atoms with E-state index in [0.717, 1.165) is 9.37 Å². The van der Waals surface area contributed by atoms with Crippen LogP contribution in [-0.4, -0.2) is 29.7 Å². The fraction of sp³-hybridized carbons (Fsp3) is 0.143. The SMILES string of the molecule is CSc1cccc(B(O)O)c1.CSc1cccc(Br)c1. The Hall–Kier alpha value is -0.395. The third kappa shape index (κ3) is 6.37. The number of hydrogen-bond acceptors (Lipinski definition) is 4. The van der Waals surface area contributed by atoms with E-state index < -0.39 is 7.12 Å². The minimum absolute atomic E-state index is 0.539. The van der Waals surface area contributed by atoms with Crippen LogP contribution in [0.4, 0.5) is 0 Å². The van der Waals surface area contributed by atoms with Gasteiger partial charge in [-0.15, -0.1) is 23.5 Å². The van der Waals surface area contributed by atoms with Gasteiger partial charge in [0.2, 0.25) is 0 Å². The van der Waals surface area contributed by atoms with Gasteiger partial charge in [-0.1, -0.05) is 34.1 Å². The van der Waals surface area contributed by atoms with Gasteiger partial charge in [0.15, 0.2) is 0 Å². The lowest BCUT2D eigenvalue weighted by molar-refractivity contribution is 0.425. The van der Waals surface area contributed by atoms with Crippen LogP contribution in [0.25, 0.3) is 0 Å². The van der Waals surface area contributed by atoms with E-state index in [1.807, 2.05) is 24.5 Å². The predicted octanol–water partition coefficient (Wildman–Crippen LogP) is 3.26. The lowest BCUT2D eigenvalue weighted by Gasteiger charge is -2.00. The minimum atomic E-state index is -1.36. The van der Waals surface area contributed by atoms with E-state index in [0.29, 0.717) is 5.46 Å². The van der Waals surface area contributed by atoms with Crippen LogP contribution in [0.2, 0.25) is 0 Å². The van der Waals surface area contributed by atoms with Crippen LogP contribution >= 0.6 is 39.5 Å². The van der Waals surface area contributed by atoms with Crippen molar-refractivity contribution in [2.24, 2.45) is 0 Å². The lowest BCUT2D eigenvalue weighted by atomic mass is 9.80. The van der Waals surface area contributed by atoms with E-state index in [9.17, 15) is 0 Å². The highest BCUT2D eigenvalue weighted by Crippen LogP contribution is 2.18. The molecule has 0 aromatic heterocycles. The molecule has 0 aliphatic carbocycles. The smallest absolute Gasteiger partial charge is 0.423 e. The van der Waals surface area contributed by atoms with Crippen LogP contribution in [0.15, 0.2) is 62.8 Å². The third-order valence-electron chi connectivity index (χ3n) is 2.42. The standard InChI is InChI=1S/C7H9BO2S.C7H7BrS/c1-11-7-4-2-3-6(5-7)8(9)10;1-9-7-4-2-3-6(8)5-7/h2-5,9-10H,1H3;2-5H,1H3. The average Bonchev–Trinajstić information content (AvgIpc) is 2.48. The second-order valence-corrected chi connectivity index (χ2v) is 6.49. The summed E-state index contributed by atoms with van der Waals surface area (Å²) in [6, 6.07) is 15.4. The summed E-state index contributed by atoms with van der Waals surface area (Å²) in [5, 5.41) is 17.6. The molecule has 0 saturated heterocycles. The molecule has 20 heavy (non-hydrogen) atoms. The van der Waals surface area contributed by atoms with E-state index in [4.69, 9.17) is 10.0 Å². The van der Waals surface area contributed by atoms with Crippen LogP contribution in [0, 0.1) is 0 Å². The van der Waals surface area contributed by atoms with Gasteiger partial charge in [0.05, 0.1) is 0 Å². The number of hydrogen-bond donors (Lipinski definition) is 2. The Morgan fingerprint density at radius 3 is 1.90 bits per heavy atom. The first-order chi connectivity index (χ1) is 9.56. The van der Waals surface area contributed by atoms with Crippen molar-refractivity contribution >= 4 is 52.0 Å². The molecule has 2 nitrogen and oxygen atoms in total. The van der Waals surface area contributed by atoms with Crippen molar-refractivity contribution < 1.29 is 10.0 Å². The van der Waals surface area contributed by atoms with Crippen LogP contribution in [-0.2, 0) is 0 Å². The summed E-state index contributed by atoms with van der Waals surface area (Å²) in [5.41, 5.74) is 0.539. The molecule has 0 amide bonds. The van der Waals surface area contributed by atoms with Gasteiger partial charge in [0.25, 0.3) is 0 Å². The Balaban J connectivity index is 0.000000204. The molecule has 2 rings (SSSR count). The normalized spacial score (nSPS) is 9.65. The maximum Gasteiger partial charge on any atom is 0.488 e. The summed E-state index contributed by atoms with van der Waals surface area (Å²) < 4.78 is 1.15. The average molecular weight is 371 g/mol. The summed E-state index contributed by atoms with van der Waals surface area (Å²) in [4.78, 5) is 2.33. The molecule has 2 N–H and O–H groups in total. The maximum absolute atomic E-state index is 8.79. The molecule has 6 heteroatoms. The van der Waals surface area contributed by atoms with Gasteiger partial charge < -0.3 is 10.0 Å². The zero-order valence-corrected chi connectivity index (χ0v) is 14.5. The molecule has 0 atom stereocenters. The monoisotopic (exact) mass is 370 g/mol. The second kappa shape index (κ2) is 9.52. The van der Waals surface area contributed by atoms with E-state index in [2.05, 4.69) is 34.3 Å². The fourth-order valence-electron chi connectivity index (χ4n) is 1.40. The molecule has 2 aromatic carbocycles. The van der Waals surface area contributed by atoms with Crippen molar-refractivity contribution in [2.75, 3.05) is 12.5 Å². The molecule has 0 saturated carbocycles. The van der Waals surface area contributed by atoms with E-state index in [-0.39, 0.29) is 0 Å². The molecule has 0 fully saturated rings. The molecule has 0 bridgehead atoms. The van der Waals surface area contributed by atoms with Gasteiger partial charge in [-0.2, -0.15) is 0 Å². The van der Waals surface area contributed by atoms with Crippen molar-refractivity contribution in [1.82, 2.24) is 0 Å². The zero-order chi connectivity index (χ0) is 15.0. The van der Waals surface area contributed by atoms with Crippen molar-refractivity contribution in [3.63, 3.8) is 0 Å². The number of thioether (sulfide) groups is 2. The number of rotatable bonds is 3. The van der Waals surface area contributed by atoms with E-state index in [1.54, 1.807) is 41.7 Å². The van der Waals surface area contributed by atoms with Crippen molar-refractivity contribution in [1.29, 1.82) is 0 Å². The third-order valence-corrected chi connectivity index (χ3v) is 4.37. The van der Waals surface area contributed by atoms with Crippen LogP contribution < -0.4 is 5.46 Å². The number of halogens is 1. The maximum atomic E-state index is 8.79. The predicted molar refractivity (Wildman–Crippen MR) is 94.0 cm³/mol. The minimum Gasteiger partial charge on any atom is -0.423 e. The highest BCUT2D eigenvalue weighted by atomic mass is 79.9. The molecule has 106 valence electrons. The first-order valence-corrected chi connectivity index (χ1v) is 9.10. The van der Waals surface area contributed by atoms with Crippen LogP contribution in [0.3, 0.4) is 0 Å². The van der Waals surface area contributed by atoms with Crippen molar-refractivity contribution in [3.05, 3.63) is 53.0 Å². The van der Waals surface area contributed by atoms with Gasteiger partial charge in [-0.25, -0.2) is 0 Å².